The number of amides is 1. The van der Waals surface area contributed by atoms with Crippen molar-refractivity contribution in [1.29, 1.82) is 0 Å². The summed E-state index contributed by atoms with van der Waals surface area (Å²) in [5.74, 6) is -0.531. The molecule has 1 atom stereocenters. The third-order valence-electron chi connectivity index (χ3n) is 5.31. The molecule has 4 rings (SSSR count). The normalized spacial score (nSPS) is 17.9. The summed E-state index contributed by atoms with van der Waals surface area (Å²) in [4.78, 5) is 30.0. The number of benzene rings is 2. The summed E-state index contributed by atoms with van der Waals surface area (Å²) in [5, 5.41) is 2.21. The molecule has 2 aromatic carbocycles. The zero-order chi connectivity index (χ0) is 23.3. The molecule has 0 aliphatic carbocycles. The van der Waals surface area contributed by atoms with Gasteiger partial charge in [-0.3, -0.25) is 19.3 Å². The van der Waals surface area contributed by atoms with Crippen LogP contribution in [0.1, 0.15) is 31.2 Å². The van der Waals surface area contributed by atoms with E-state index in [4.69, 9.17) is 4.74 Å². The summed E-state index contributed by atoms with van der Waals surface area (Å²) in [6.45, 7) is 0.163. The van der Waals surface area contributed by atoms with Crippen molar-refractivity contribution in [3.05, 3.63) is 54.1 Å². The third-order valence-corrected chi connectivity index (χ3v) is 7.98. The van der Waals surface area contributed by atoms with Crippen molar-refractivity contribution >= 4 is 45.2 Å². The predicted molar refractivity (Wildman–Crippen MR) is 127 cm³/mol. The Balaban J connectivity index is 1.31. The monoisotopic (exact) mass is 487 g/mol. The SMILES string of the molecule is O=C(COC(=O)C1Cc2ccccc2S1)Nc1cccc(S(=O)(=O)NC2=NCCCCC2)c1. The van der Waals surface area contributed by atoms with Crippen LogP contribution in [0.15, 0.2) is 63.3 Å². The molecule has 1 amide bonds. The number of ether oxygens (including phenoxy) is 1. The van der Waals surface area contributed by atoms with Crippen molar-refractivity contribution in [2.45, 2.75) is 47.1 Å². The molecule has 2 aromatic rings. The van der Waals surface area contributed by atoms with Crippen molar-refractivity contribution < 1.29 is 22.7 Å². The average molecular weight is 488 g/mol. The van der Waals surface area contributed by atoms with Gasteiger partial charge in [-0.1, -0.05) is 30.7 Å². The second-order valence-electron chi connectivity index (χ2n) is 7.85. The highest BCUT2D eigenvalue weighted by Crippen LogP contribution is 2.37. The van der Waals surface area contributed by atoms with Crippen LogP contribution in [0.2, 0.25) is 0 Å². The fraction of sp³-hybridized carbons (Fsp3) is 0.348. The maximum absolute atomic E-state index is 12.7. The van der Waals surface area contributed by atoms with Crippen molar-refractivity contribution in [2.24, 2.45) is 4.99 Å². The highest BCUT2D eigenvalue weighted by molar-refractivity contribution is 8.01. The van der Waals surface area contributed by atoms with Gasteiger partial charge in [-0.15, -0.1) is 11.8 Å². The molecule has 2 heterocycles. The standard InChI is InChI=1S/C23H25N3O5S2/c27-22(15-31-23(28)20-13-16-7-3-4-10-19(16)32-20)25-17-8-6-9-18(14-17)33(29,30)26-21-11-2-1-5-12-24-21/h3-4,6-10,14,20H,1-2,5,11-13,15H2,(H,24,26)(H,25,27). The Labute approximate surface area is 197 Å². The molecular weight excluding hydrogens is 462 g/mol. The lowest BCUT2D eigenvalue weighted by Crippen LogP contribution is -2.30. The smallest absolute Gasteiger partial charge is 0.320 e. The molecule has 0 aromatic heterocycles. The minimum Gasteiger partial charge on any atom is -0.455 e. The van der Waals surface area contributed by atoms with Crippen LogP contribution in [0.3, 0.4) is 0 Å². The first kappa shape index (κ1) is 23.3. The molecule has 33 heavy (non-hydrogen) atoms. The Kier molecular flexibility index (Phi) is 7.34. The van der Waals surface area contributed by atoms with Gasteiger partial charge in [-0.05, 0) is 49.1 Å². The zero-order valence-electron chi connectivity index (χ0n) is 18.0. The van der Waals surface area contributed by atoms with Crippen LogP contribution < -0.4 is 10.0 Å². The van der Waals surface area contributed by atoms with Crippen molar-refractivity contribution in [3.8, 4) is 0 Å². The number of amidine groups is 1. The van der Waals surface area contributed by atoms with E-state index in [0.717, 1.165) is 29.7 Å². The Hall–Kier alpha value is -2.85. The number of sulfonamides is 1. The van der Waals surface area contributed by atoms with Gasteiger partial charge in [0.15, 0.2) is 6.61 Å². The number of anilines is 1. The molecule has 2 aliphatic heterocycles. The molecule has 174 valence electrons. The van der Waals surface area contributed by atoms with Crippen LogP contribution in [0.25, 0.3) is 0 Å². The molecule has 0 bridgehead atoms. The molecule has 2 N–H and O–H groups in total. The van der Waals surface area contributed by atoms with E-state index in [1.54, 1.807) is 6.07 Å². The molecule has 0 saturated heterocycles. The Morgan fingerprint density at radius 2 is 1.94 bits per heavy atom. The molecule has 0 fully saturated rings. The van der Waals surface area contributed by atoms with E-state index in [1.807, 2.05) is 24.3 Å². The number of carbonyl (C=O) groups excluding carboxylic acids is 2. The molecule has 2 aliphatic rings. The number of nitrogens with one attached hydrogen (secondary N) is 2. The largest absolute Gasteiger partial charge is 0.455 e. The average Bonchev–Trinajstić information content (AvgIpc) is 3.08. The summed E-state index contributed by atoms with van der Waals surface area (Å²) in [7, 11) is -3.82. The maximum Gasteiger partial charge on any atom is 0.320 e. The van der Waals surface area contributed by atoms with Crippen molar-refractivity contribution in [3.63, 3.8) is 0 Å². The predicted octanol–water partition coefficient (Wildman–Crippen LogP) is 3.14. The number of esters is 1. The number of hydrogen-bond donors (Lipinski definition) is 2. The number of rotatable bonds is 6. The highest BCUT2D eigenvalue weighted by Gasteiger charge is 2.29. The molecular formula is C23H25N3O5S2. The molecule has 0 radical (unpaired) electrons. The van der Waals surface area contributed by atoms with E-state index in [-0.39, 0.29) is 10.1 Å². The minimum atomic E-state index is -3.82. The number of fused-ring (bicyclic) bond motifs is 1. The molecule has 8 nitrogen and oxygen atoms in total. The van der Waals surface area contributed by atoms with Gasteiger partial charge in [0.25, 0.3) is 15.9 Å². The van der Waals surface area contributed by atoms with E-state index in [1.165, 1.54) is 30.0 Å². The zero-order valence-corrected chi connectivity index (χ0v) is 19.6. The van der Waals surface area contributed by atoms with Crippen LogP contribution >= 0.6 is 11.8 Å². The number of hydrogen-bond acceptors (Lipinski definition) is 7. The lowest BCUT2D eigenvalue weighted by atomic mass is 10.1. The topological polar surface area (TPSA) is 114 Å². The summed E-state index contributed by atoms with van der Waals surface area (Å²) in [6.07, 6.45) is 4.02. The lowest BCUT2D eigenvalue weighted by Gasteiger charge is -2.12. The van der Waals surface area contributed by atoms with Crippen LogP contribution in [0, 0.1) is 0 Å². The van der Waals surface area contributed by atoms with Crippen LogP contribution in [0.5, 0.6) is 0 Å². The molecule has 0 saturated carbocycles. The second-order valence-corrected chi connectivity index (χ2v) is 10.8. The Bertz CT molecular complexity index is 1160. The van der Waals surface area contributed by atoms with Gasteiger partial charge < -0.3 is 10.1 Å². The van der Waals surface area contributed by atoms with Crippen LogP contribution in [0.4, 0.5) is 5.69 Å². The second kappa shape index (κ2) is 10.4. The van der Waals surface area contributed by atoms with E-state index in [0.29, 0.717) is 30.9 Å². The number of aliphatic imine (C=N–C) groups is 1. The van der Waals surface area contributed by atoms with Crippen molar-refractivity contribution in [2.75, 3.05) is 18.5 Å². The summed E-state index contributed by atoms with van der Waals surface area (Å²) in [5.41, 5.74) is 1.39. The Morgan fingerprint density at radius 3 is 2.79 bits per heavy atom. The van der Waals surface area contributed by atoms with Gasteiger partial charge in [0.05, 0.1) is 4.90 Å². The van der Waals surface area contributed by atoms with E-state index in [9.17, 15) is 18.0 Å². The van der Waals surface area contributed by atoms with Gasteiger partial charge in [-0.2, -0.15) is 0 Å². The van der Waals surface area contributed by atoms with Crippen molar-refractivity contribution in [1.82, 2.24) is 4.72 Å². The number of carbonyl (C=O) groups is 2. The lowest BCUT2D eigenvalue weighted by molar-refractivity contribution is -0.146. The summed E-state index contributed by atoms with van der Waals surface area (Å²) in [6, 6.07) is 13.7. The van der Waals surface area contributed by atoms with E-state index < -0.39 is 28.5 Å². The third kappa shape index (κ3) is 6.14. The fourth-order valence-electron chi connectivity index (χ4n) is 3.65. The first-order valence-corrected chi connectivity index (χ1v) is 13.1. The van der Waals surface area contributed by atoms with Crippen LogP contribution in [-0.2, 0) is 30.8 Å². The van der Waals surface area contributed by atoms with Gasteiger partial charge in [0.2, 0.25) is 0 Å². The fourth-order valence-corrected chi connectivity index (χ4v) is 5.98. The molecule has 10 heteroatoms. The van der Waals surface area contributed by atoms with Gasteiger partial charge in [0.1, 0.15) is 11.1 Å². The summed E-state index contributed by atoms with van der Waals surface area (Å²) < 4.78 is 33.2. The maximum atomic E-state index is 12.7. The Morgan fingerprint density at radius 1 is 1.09 bits per heavy atom. The number of nitrogens with zero attached hydrogens (tertiary/aromatic N) is 1. The summed E-state index contributed by atoms with van der Waals surface area (Å²) >= 11 is 1.43. The molecule has 0 spiro atoms. The van der Waals surface area contributed by atoms with Crippen LogP contribution in [-0.4, -0.2) is 44.5 Å². The minimum absolute atomic E-state index is 0.0179. The van der Waals surface area contributed by atoms with Gasteiger partial charge in [0, 0.05) is 23.5 Å². The molecule has 1 unspecified atom stereocenters. The first-order chi connectivity index (χ1) is 15.9. The highest BCUT2D eigenvalue weighted by atomic mass is 32.2. The van der Waals surface area contributed by atoms with Gasteiger partial charge >= 0.3 is 5.97 Å². The van der Waals surface area contributed by atoms with Gasteiger partial charge in [-0.25, -0.2) is 8.42 Å². The first-order valence-electron chi connectivity index (χ1n) is 10.8. The van der Waals surface area contributed by atoms with E-state index in [2.05, 4.69) is 15.0 Å². The number of thioether (sulfide) groups is 1. The van der Waals surface area contributed by atoms with E-state index >= 15 is 0 Å². The quantitative estimate of drug-likeness (QED) is 0.605.